The Labute approximate surface area is 143 Å². The van der Waals surface area contributed by atoms with Crippen LogP contribution in [0.25, 0.3) is 0 Å². The smallest absolute Gasteiger partial charge is 0.331 e. The minimum atomic E-state index is -0.538. The molecule has 1 fully saturated rings. The number of carbonyl (C=O) groups excluding carboxylic acids is 1. The van der Waals surface area contributed by atoms with Gasteiger partial charge in [0.2, 0.25) is 5.91 Å². The summed E-state index contributed by atoms with van der Waals surface area (Å²) >= 11 is 0. The van der Waals surface area contributed by atoms with Crippen molar-refractivity contribution in [2.24, 2.45) is 7.05 Å². The molecule has 9 heteroatoms. The first-order valence-electron chi connectivity index (χ1n) is 7.89. The van der Waals surface area contributed by atoms with Gasteiger partial charge in [-0.25, -0.2) is 9.78 Å². The molecule has 1 amide bonds. The Hall–Kier alpha value is -2.94. The fourth-order valence-corrected chi connectivity index (χ4v) is 2.53. The van der Waals surface area contributed by atoms with Gasteiger partial charge in [0.05, 0.1) is 25.1 Å². The zero-order valence-electron chi connectivity index (χ0n) is 13.8. The summed E-state index contributed by atoms with van der Waals surface area (Å²) in [6, 6.07) is 4.84. The standard InChI is InChI=1S/C16H19N5O4/c1-19-15(23)4-5-21(16(19)24)11-14(22)18-12-2-3-13(17-10-12)20-6-8-25-9-7-20/h2-5,10H,6-9,11H2,1H3,(H,18,22). The van der Waals surface area contributed by atoms with E-state index in [2.05, 4.69) is 15.2 Å². The van der Waals surface area contributed by atoms with Crippen molar-refractivity contribution in [3.8, 4) is 0 Å². The molecule has 0 radical (unpaired) electrons. The van der Waals surface area contributed by atoms with Crippen LogP contribution in [0.4, 0.5) is 11.5 Å². The van der Waals surface area contributed by atoms with E-state index in [1.807, 2.05) is 6.07 Å². The number of rotatable bonds is 4. The van der Waals surface area contributed by atoms with Gasteiger partial charge in [0.1, 0.15) is 12.4 Å². The van der Waals surface area contributed by atoms with E-state index in [4.69, 9.17) is 4.74 Å². The number of nitrogens with zero attached hydrogens (tertiary/aromatic N) is 4. The predicted molar refractivity (Wildman–Crippen MR) is 91.8 cm³/mol. The van der Waals surface area contributed by atoms with Crippen LogP contribution in [0.15, 0.2) is 40.2 Å². The Morgan fingerprint density at radius 3 is 2.68 bits per heavy atom. The minimum Gasteiger partial charge on any atom is -0.378 e. The van der Waals surface area contributed by atoms with Crippen LogP contribution in [0.2, 0.25) is 0 Å². The van der Waals surface area contributed by atoms with Crippen molar-refractivity contribution in [1.82, 2.24) is 14.1 Å². The first-order chi connectivity index (χ1) is 12.0. The van der Waals surface area contributed by atoms with Crippen LogP contribution in [0, 0.1) is 0 Å². The Bertz CT molecular complexity index is 865. The first-order valence-corrected chi connectivity index (χ1v) is 7.89. The predicted octanol–water partition coefficient (Wildman–Crippen LogP) is -0.583. The average molecular weight is 345 g/mol. The molecule has 132 valence electrons. The number of aromatic nitrogens is 3. The van der Waals surface area contributed by atoms with Gasteiger partial charge >= 0.3 is 5.69 Å². The van der Waals surface area contributed by atoms with Gasteiger partial charge in [-0.1, -0.05) is 0 Å². The van der Waals surface area contributed by atoms with Crippen molar-refractivity contribution >= 4 is 17.4 Å². The molecule has 25 heavy (non-hydrogen) atoms. The number of carbonyl (C=O) groups is 1. The number of ether oxygens (including phenoxy) is 1. The van der Waals surface area contributed by atoms with Crippen LogP contribution < -0.4 is 21.5 Å². The summed E-state index contributed by atoms with van der Waals surface area (Å²) in [7, 11) is 1.37. The lowest BCUT2D eigenvalue weighted by Gasteiger charge is -2.27. The molecule has 1 aliphatic rings. The summed E-state index contributed by atoms with van der Waals surface area (Å²) in [6.07, 6.45) is 2.89. The number of nitrogens with one attached hydrogen (secondary N) is 1. The summed E-state index contributed by atoms with van der Waals surface area (Å²) in [6.45, 7) is 2.74. The molecule has 1 aliphatic heterocycles. The lowest BCUT2D eigenvalue weighted by atomic mass is 10.3. The summed E-state index contributed by atoms with van der Waals surface area (Å²) in [4.78, 5) is 41.8. The number of amides is 1. The molecule has 0 aliphatic carbocycles. The normalized spacial score (nSPS) is 14.4. The molecule has 1 saturated heterocycles. The monoisotopic (exact) mass is 345 g/mol. The van der Waals surface area contributed by atoms with Gasteiger partial charge < -0.3 is 15.0 Å². The number of morpholine rings is 1. The van der Waals surface area contributed by atoms with Gasteiger partial charge in [0.15, 0.2) is 0 Å². The molecule has 3 heterocycles. The lowest BCUT2D eigenvalue weighted by molar-refractivity contribution is -0.116. The number of anilines is 2. The molecule has 2 aromatic heterocycles. The van der Waals surface area contributed by atoms with Crippen LogP contribution in [-0.2, 0) is 23.1 Å². The number of hydrogen-bond donors (Lipinski definition) is 1. The Balaban J connectivity index is 1.64. The average Bonchev–Trinajstić information content (AvgIpc) is 2.63. The molecule has 0 atom stereocenters. The highest BCUT2D eigenvalue weighted by molar-refractivity contribution is 5.90. The summed E-state index contributed by atoms with van der Waals surface area (Å²) in [5, 5.41) is 2.69. The molecule has 0 aromatic carbocycles. The highest BCUT2D eigenvalue weighted by Crippen LogP contribution is 2.15. The third-order valence-corrected chi connectivity index (χ3v) is 3.94. The molecule has 1 N–H and O–H groups in total. The number of pyridine rings is 1. The quantitative estimate of drug-likeness (QED) is 0.796. The maximum atomic E-state index is 12.1. The molecule has 0 unspecified atom stereocenters. The van der Waals surface area contributed by atoms with Crippen LogP contribution in [-0.4, -0.2) is 46.3 Å². The van der Waals surface area contributed by atoms with Crippen molar-refractivity contribution in [1.29, 1.82) is 0 Å². The highest BCUT2D eigenvalue weighted by atomic mass is 16.5. The second-order valence-corrected chi connectivity index (χ2v) is 5.68. The third kappa shape index (κ3) is 3.94. The first kappa shape index (κ1) is 16.9. The lowest BCUT2D eigenvalue weighted by Crippen LogP contribution is -2.39. The second kappa shape index (κ2) is 7.31. The molecular weight excluding hydrogens is 326 g/mol. The molecule has 0 spiro atoms. The van der Waals surface area contributed by atoms with Gasteiger partial charge in [-0.15, -0.1) is 0 Å². The topological polar surface area (TPSA) is 98.5 Å². The number of hydrogen-bond acceptors (Lipinski definition) is 6. The summed E-state index contributed by atoms with van der Waals surface area (Å²) < 4.78 is 7.43. The van der Waals surface area contributed by atoms with Gasteiger partial charge in [-0.3, -0.25) is 18.7 Å². The van der Waals surface area contributed by atoms with Crippen molar-refractivity contribution in [3.63, 3.8) is 0 Å². The van der Waals surface area contributed by atoms with E-state index in [9.17, 15) is 14.4 Å². The van der Waals surface area contributed by atoms with Crippen LogP contribution >= 0.6 is 0 Å². The Morgan fingerprint density at radius 1 is 1.24 bits per heavy atom. The minimum absolute atomic E-state index is 0.182. The van der Waals surface area contributed by atoms with Crippen LogP contribution in [0.5, 0.6) is 0 Å². The van der Waals surface area contributed by atoms with E-state index in [0.717, 1.165) is 23.5 Å². The van der Waals surface area contributed by atoms with Crippen molar-refractivity contribution in [2.75, 3.05) is 36.5 Å². The van der Waals surface area contributed by atoms with E-state index in [1.54, 1.807) is 12.3 Å². The Kier molecular flexibility index (Phi) is 4.94. The van der Waals surface area contributed by atoms with E-state index in [-0.39, 0.29) is 12.5 Å². The largest absolute Gasteiger partial charge is 0.378 e. The summed E-state index contributed by atoms with van der Waals surface area (Å²) in [5.74, 6) is 0.456. The molecular formula is C16H19N5O4. The second-order valence-electron chi connectivity index (χ2n) is 5.68. The van der Waals surface area contributed by atoms with E-state index in [1.165, 1.54) is 23.9 Å². The van der Waals surface area contributed by atoms with Crippen LogP contribution in [0.3, 0.4) is 0 Å². The van der Waals surface area contributed by atoms with E-state index in [0.29, 0.717) is 18.9 Å². The summed E-state index contributed by atoms with van der Waals surface area (Å²) in [5.41, 5.74) is -0.409. The Morgan fingerprint density at radius 2 is 2.00 bits per heavy atom. The fraction of sp³-hybridized carbons (Fsp3) is 0.375. The zero-order chi connectivity index (χ0) is 17.8. The van der Waals surface area contributed by atoms with E-state index >= 15 is 0 Å². The van der Waals surface area contributed by atoms with Crippen molar-refractivity contribution in [2.45, 2.75) is 6.54 Å². The molecule has 3 rings (SSSR count). The highest BCUT2D eigenvalue weighted by Gasteiger charge is 2.12. The molecule has 2 aromatic rings. The van der Waals surface area contributed by atoms with Gasteiger partial charge in [0.25, 0.3) is 5.56 Å². The SMILES string of the molecule is Cn1c(=O)ccn(CC(=O)Nc2ccc(N3CCOCC3)nc2)c1=O. The fourth-order valence-electron chi connectivity index (χ4n) is 2.53. The third-order valence-electron chi connectivity index (χ3n) is 3.94. The van der Waals surface area contributed by atoms with E-state index < -0.39 is 11.2 Å². The van der Waals surface area contributed by atoms with Crippen molar-refractivity contribution < 1.29 is 9.53 Å². The zero-order valence-corrected chi connectivity index (χ0v) is 13.8. The maximum absolute atomic E-state index is 12.1. The molecule has 0 saturated carbocycles. The van der Waals surface area contributed by atoms with Crippen LogP contribution in [0.1, 0.15) is 0 Å². The van der Waals surface area contributed by atoms with Gasteiger partial charge in [-0.2, -0.15) is 0 Å². The maximum Gasteiger partial charge on any atom is 0.331 e. The molecule has 0 bridgehead atoms. The van der Waals surface area contributed by atoms with Crippen molar-refractivity contribution in [3.05, 3.63) is 51.4 Å². The van der Waals surface area contributed by atoms with Gasteiger partial charge in [0, 0.05) is 32.4 Å². The van der Waals surface area contributed by atoms with Gasteiger partial charge in [-0.05, 0) is 12.1 Å². The molecule has 9 nitrogen and oxygen atoms in total.